The van der Waals surface area contributed by atoms with Crippen molar-refractivity contribution in [2.24, 2.45) is 0 Å². The van der Waals surface area contributed by atoms with Crippen molar-refractivity contribution in [3.05, 3.63) is 29.8 Å². The molecule has 0 aliphatic rings. The van der Waals surface area contributed by atoms with Gasteiger partial charge in [0.05, 0.1) is 7.11 Å². The van der Waals surface area contributed by atoms with Crippen molar-refractivity contribution in [2.45, 2.75) is 0 Å². The molecule has 1 aromatic carbocycles. The maximum absolute atomic E-state index is 10.3. The zero-order chi connectivity index (χ0) is 10.6. The monoisotopic (exact) mass is 193 g/mol. The summed E-state index contributed by atoms with van der Waals surface area (Å²) in [7, 11) is 1.53. The van der Waals surface area contributed by atoms with Crippen molar-refractivity contribution in [3.8, 4) is 5.75 Å². The van der Waals surface area contributed by atoms with Gasteiger partial charge in [0.25, 0.3) is 0 Å². The Bertz CT molecular complexity index is 372. The summed E-state index contributed by atoms with van der Waals surface area (Å²) in [5, 5.41) is 8.42. The van der Waals surface area contributed by atoms with Crippen molar-refractivity contribution in [1.82, 2.24) is 0 Å². The van der Waals surface area contributed by atoms with Crippen molar-refractivity contribution < 1.29 is 14.6 Å². The Morgan fingerprint density at radius 1 is 1.50 bits per heavy atom. The number of rotatable bonds is 3. The van der Waals surface area contributed by atoms with Crippen LogP contribution in [0.1, 0.15) is 5.56 Å². The first-order chi connectivity index (χ1) is 6.61. The molecule has 0 unspecified atom stereocenters. The predicted molar refractivity (Wildman–Crippen MR) is 54.1 cm³/mol. The second kappa shape index (κ2) is 4.32. The van der Waals surface area contributed by atoms with Gasteiger partial charge in [-0.2, -0.15) is 0 Å². The number of anilines is 1. The number of hydrogen-bond acceptors (Lipinski definition) is 3. The van der Waals surface area contributed by atoms with Gasteiger partial charge in [0.2, 0.25) is 0 Å². The highest BCUT2D eigenvalue weighted by atomic mass is 16.5. The molecule has 0 spiro atoms. The average molecular weight is 193 g/mol. The van der Waals surface area contributed by atoms with E-state index in [9.17, 15) is 4.79 Å². The molecule has 3 N–H and O–H groups in total. The van der Waals surface area contributed by atoms with E-state index in [-0.39, 0.29) is 0 Å². The minimum absolute atomic E-state index is 0.536. The number of benzene rings is 1. The molecule has 1 rings (SSSR count). The van der Waals surface area contributed by atoms with E-state index < -0.39 is 5.97 Å². The lowest BCUT2D eigenvalue weighted by molar-refractivity contribution is -0.131. The van der Waals surface area contributed by atoms with E-state index in [1.807, 2.05) is 0 Å². The molecule has 0 fully saturated rings. The van der Waals surface area contributed by atoms with E-state index in [1.165, 1.54) is 13.2 Å². The average Bonchev–Trinajstić information content (AvgIpc) is 2.14. The van der Waals surface area contributed by atoms with Gasteiger partial charge in [-0.3, -0.25) is 0 Å². The molecular formula is C10H11NO3. The fraction of sp³-hybridized carbons (Fsp3) is 0.100. The molecule has 0 aliphatic carbocycles. The van der Waals surface area contributed by atoms with Gasteiger partial charge in [-0.25, -0.2) is 4.79 Å². The van der Waals surface area contributed by atoms with E-state index in [1.54, 1.807) is 18.2 Å². The first-order valence-corrected chi connectivity index (χ1v) is 3.97. The lowest BCUT2D eigenvalue weighted by Crippen LogP contribution is -1.90. The van der Waals surface area contributed by atoms with Crippen LogP contribution < -0.4 is 10.5 Å². The van der Waals surface area contributed by atoms with Crippen LogP contribution in [0.4, 0.5) is 5.69 Å². The third kappa shape index (κ3) is 2.82. The fourth-order valence-electron chi connectivity index (χ4n) is 1.03. The summed E-state index contributed by atoms with van der Waals surface area (Å²) < 4.78 is 4.98. The number of aliphatic carboxylic acids is 1. The molecule has 1 aromatic rings. The molecule has 4 nitrogen and oxygen atoms in total. The van der Waals surface area contributed by atoms with Gasteiger partial charge in [0.15, 0.2) is 0 Å². The zero-order valence-corrected chi connectivity index (χ0v) is 7.73. The molecule has 0 saturated heterocycles. The fourth-order valence-corrected chi connectivity index (χ4v) is 1.03. The van der Waals surface area contributed by atoms with Crippen molar-refractivity contribution >= 4 is 17.7 Å². The normalized spacial score (nSPS) is 10.4. The van der Waals surface area contributed by atoms with E-state index in [0.29, 0.717) is 17.0 Å². The predicted octanol–water partition coefficient (Wildman–Crippen LogP) is 1.38. The van der Waals surface area contributed by atoms with Gasteiger partial charge in [0, 0.05) is 17.8 Å². The molecule has 0 amide bonds. The Morgan fingerprint density at radius 2 is 2.21 bits per heavy atom. The molecular weight excluding hydrogens is 182 g/mol. The molecule has 0 aromatic heterocycles. The number of ether oxygens (including phenoxy) is 1. The van der Waals surface area contributed by atoms with Crippen LogP contribution in [-0.4, -0.2) is 18.2 Å². The lowest BCUT2D eigenvalue weighted by Gasteiger charge is -2.02. The molecule has 74 valence electrons. The summed E-state index contributed by atoms with van der Waals surface area (Å²) in [6, 6.07) is 5.04. The van der Waals surface area contributed by atoms with Crippen molar-refractivity contribution in [1.29, 1.82) is 0 Å². The molecule has 0 radical (unpaired) electrons. The summed E-state index contributed by atoms with van der Waals surface area (Å²) in [6.45, 7) is 0. The third-order valence-electron chi connectivity index (χ3n) is 1.61. The van der Waals surface area contributed by atoms with E-state index >= 15 is 0 Å². The van der Waals surface area contributed by atoms with Gasteiger partial charge in [-0.05, 0) is 23.8 Å². The number of nitrogen functional groups attached to an aromatic ring is 1. The minimum Gasteiger partial charge on any atom is -0.497 e. The molecule has 0 atom stereocenters. The molecule has 0 saturated carbocycles. The number of methoxy groups -OCH3 is 1. The topological polar surface area (TPSA) is 72.5 Å². The Balaban J connectivity index is 2.97. The number of hydrogen-bond donors (Lipinski definition) is 2. The van der Waals surface area contributed by atoms with Crippen LogP contribution in [0.25, 0.3) is 6.08 Å². The standard InChI is InChI=1S/C10H11NO3/c1-14-9-5-7(2-3-10(12)13)4-8(11)6-9/h2-6H,11H2,1H3,(H,12,13)/b3-2+. The van der Waals surface area contributed by atoms with Gasteiger partial charge < -0.3 is 15.6 Å². The van der Waals surface area contributed by atoms with Gasteiger partial charge >= 0.3 is 5.97 Å². The quantitative estimate of drug-likeness (QED) is 0.561. The first-order valence-electron chi connectivity index (χ1n) is 3.97. The molecule has 14 heavy (non-hydrogen) atoms. The Morgan fingerprint density at radius 3 is 2.79 bits per heavy atom. The van der Waals surface area contributed by atoms with Crippen molar-refractivity contribution in [3.63, 3.8) is 0 Å². The second-order valence-corrected chi connectivity index (χ2v) is 2.71. The number of carboxylic acid groups (broad SMARTS) is 1. The van der Waals surface area contributed by atoms with Crippen LogP contribution in [0.2, 0.25) is 0 Å². The van der Waals surface area contributed by atoms with Crippen LogP contribution in [-0.2, 0) is 4.79 Å². The molecule has 0 aliphatic heterocycles. The molecule has 0 bridgehead atoms. The van der Waals surface area contributed by atoms with Crippen molar-refractivity contribution in [2.75, 3.05) is 12.8 Å². The van der Waals surface area contributed by atoms with E-state index in [4.69, 9.17) is 15.6 Å². The summed E-state index contributed by atoms with van der Waals surface area (Å²) in [5.41, 5.74) is 6.81. The smallest absolute Gasteiger partial charge is 0.328 e. The van der Waals surface area contributed by atoms with Gasteiger partial charge in [-0.1, -0.05) is 0 Å². The maximum atomic E-state index is 10.3. The summed E-state index contributed by atoms with van der Waals surface area (Å²) in [5.74, 6) is -0.388. The van der Waals surface area contributed by atoms with E-state index in [0.717, 1.165) is 6.08 Å². The number of carboxylic acids is 1. The highest BCUT2D eigenvalue weighted by molar-refractivity contribution is 5.85. The maximum Gasteiger partial charge on any atom is 0.328 e. The Hall–Kier alpha value is -1.97. The van der Waals surface area contributed by atoms with E-state index in [2.05, 4.69) is 0 Å². The number of nitrogens with two attached hydrogens (primary N) is 1. The Labute approximate surface area is 81.6 Å². The highest BCUT2D eigenvalue weighted by Gasteiger charge is 1.96. The van der Waals surface area contributed by atoms with Gasteiger partial charge in [-0.15, -0.1) is 0 Å². The minimum atomic E-state index is -0.994. The molecule has 4 heteroatoms. The summed E-state index contributed by atoms with van der Waals surface area (Å²) >= 11 is 0. The lowest BCUT2D eigenvalue weighted by atomic mass is 10.2. The van der Waals surface area contributed by atoms with Crippen LogP contribution in [0, 0.1) is 0 Å². The zero-order valence-electron chi connectivity index (χ0n) is 7.73. The van der Waals surface area contributed by atoms with Crippen LogP contribution in [0.3, 0.4) is 0 Å². The Kier molecular flexibility index (Phi) is 3.12. The van der Waals surface area contributed by atoms with Crippen LogP contribution in [0.15, 0.2) is 24.3 Å². The van der Waals surface area contributed by atoms with Crippen LogP contribution in [0.5, 0.6) is 5.75 Å². The first kappa shape index (κ1) is 10.1. The third-order valence-corrected chi connectivity index (χ3v) is 1.61. The number of carbonyl (C=O) groups is 1. The largest absolute Gasteiger partial charge is 0.497 e. The second-order valence-electron chi connectivity index (χ2n) is 2.71. The van der Waals surface area contributed by atoms with Gasteiger partial charge in [0.1, 0.15) is 5.75 Å². The van der Waals surface area contributed by atoms with Crippen LogP contribution >= 0.6 is 0 Å². The SMILES string of the molecule is COc1cc(N)cc(/C=C/C(=O)O)c1. The highest BCUT2D eigenvalue weighted by Crippen LogP contribution is 2.19. The molecule has 0 heterocycles. The summed E-state index contributed by atoms with van der Waals surface area (Å²) in [4.78, 5) is 10.3. The summed E-state index contributed by atoms with van der Waals surface area (Å²) in [6.07, 6.45) is 2.51.